The molecule has 0 aromatic heterocycles. The van der Waals surface area contributed by atoms with Gasteiger partial charge in [0.2, 0.25) is 0 Å². The first-order valence-electron chi connectivity index (χ1n) is 9.33. The number of nitrogens with one attached hydrogen (secondary N) is 1. The van der Waals surface area contributed by atoms with E-state index in [-0.39, 0.29) is 0 Å². The molecule has 0 spiro atoms. The molecule has 1 aliphatic carbocycles. The Balaban J connectivity index is 1.88. The summed E-state index contributed by atoms with van der Waals surface area (Å²) in [6.07, 6.45) is 10.1. The van der Waals surface area contributed by atoms with Crippen molar-refractivity contribution in [2.75, 3.05) is 19.7 Å². The van der Waals surface area contributed by atoms with Crippen LogP contribution in [0, 0.1) is 23.2 Å². The van der Waals surface area contributed by atoms with E-state index in [9.17, 15) is 0 Å². The molecule has 0 amide bonds. The van der Waals surface area contributed by atoms with Crippen molar-refractivity contribution in [3.8, 4) is 0 Å². The standard InChI is InChI=1S/C19H37NO/c1-5-20-14-16-8-10-17(19(2,3)4)13-15(16)9-11-18-7-6-12-21-18/h15-18,20H,5-14H2,1-4H3. The maximum Gasteiger partial charge on any atom is 0.0576 e. The molecule has 124 valence electrons. The molecule has 1 aliphatic heterocycles. The van der Waals surface area contributed by atoms with Gasteiger partial charge in [0.15, 0.2) is 0 Å². The Hall–Kier alpha value is -0.0800. The second kappa shape index (κ2) is 7.97. The van der Waals surface area contributed by atoms with Gasteiger partial charge in [-0.25, -0.2) is 0 Å². The van der Waals surface area contributed by atoms with Gasteiger partial charge in [0, 0.05) is 6.61 Å². The van der Waals surface area contributed by atoms with Crippen LogP contribution in [0.3, 0.4) is 0 Å². The van der Waals surface area contributed by atoms with Gasteiger partial charge in [-0.15, -0.1) is 0 Å². The van der Waals surface area contributed by atoms with Crippen LogP contribution in [0.2, 0.25) is 0 Å². The van der Waals surface area contributed by atoms with E-state index in [2.05, 4.69) is 33.0 Å². The molecule has 0 radical (unpaired) electrons. The summed E-state index contributed by atoms with van der Waals surface area (Å²) in [5.41, 5.74) is 0.477. The van der Waals surface area contributed by atoms with Crippen LogP contribution in [-0.2, 0) is 4.74 Å². The summed E-state index contributed by atoms with van der Waals surface area (Å²) >= 11 is 0. The highest BCUT2D eigenvalue weighted by atomic mass is 16.5. The summed E-state index contributed by atoms with van der Waals surface area (Å²) in [7, 11) is 0. The lowest BCUT2D eigenvalue weighted by Crippen LogP contribution is -2.37. The van der Waals surface area contributed by atoms with E-state index < -0.39 is 0 Å². The Morgan fingerprint density at radius 2 is 1.86 bits per heavy atom. The summed E-state index contributed by atoms with van der Waals surface area (Å²) in [5, 5.41) is 3.60. The summed E-state index contributed by atoms with van der Waals surface area (Å²) in [6, 6.07) is 0. The van der Waals surface area contributed by atoms with Crippen LogP contribution in [0.25, 0.3) is 0 Å². The molecular weight excluding hydrogens is 258 g/mol. The topological polar surface area (TPSA) is 21.3 Å². The van der Waals surface area contributed by atoms with Gasteiger partial charge in [0.1, 0.15) is 0 Å². The van der Waals surface area contributed by atoms with Gasteiger partial charge in [-0.3, -0.25) is 0 Å². The highest BCUT2D eigenvalue weighted by Crippen LogP contribution is 2.44. The molecule has 0 aromatic rings. The second-order valence-electron chi connectivity index (χ2n) is 8.42. The Bertz CT molecular complexity index is 290. The third-order valence-corrected chi connectivity index (χ3v) is 5.90. The minimum atomic E-state index is 0.477. The maximum absolute atomic E-state index is 5.84. The molecule has 4 atom stereocenters. The Labute approximate surface area is 132 Å². The second-order valence-corrected chi connectivity index (χ2v) is 8.42. The first kappa shape index (κ1) is 17.3. The Morgan fingerprint density at radius 3 is 2.48 bits per heavy atom. The fourth-order valence-electron chi connectivity index (χ4n) is 4.34. The van der Waals surface area contributed by atoms with Crippen LogP contribution < -0.4 is 5.32 Å². The minimum Gasteiger partial charge on any atom is -0.378 e. The zero-order valence-electron chi connectivity index (χ0n) is 14.8. The van der Waals surface area contributed by atoms with Crippen LogP contribution >= 0.6 is 0 Å². The highest BCUT2D eigenvalue weighted by molar-refractivity contribution is 4.87. The van der Waals surface area contributed by atoms with E-state index >= 15 is 0 Å². The largest absolute Gasteiger partial charge is 0.378 e. The van der Waals surface area contributed by atoms with E-state index in [0.717, 1.165) is 30.9 Å². The van der Waals surface area contributed by atoms with Gasteiger partial charge in [0.05, 0.1) is 6.10 Å². The predicted octanol–water partition coefficient (Wildman–Crippen LogP) is 4.63. The maximum atomic E-state index is 5.84. The molecule has 21 heavy (non-hydrogen) atoms. The van der Waals surface area contributed by atoms with Crippen molar-refractivity contribution in [1.29, 1.82) is 0 Å². The number of rotatable bonds is 6. The first-order chi connectivity index (χ1) is 10.0. The average Bonchev–Trinajstić information content (AvgIpc) is 2.95. The molecule has 1 saturated heterocycles. The third-order valence-electron chi connectivity index (χ3n) is 5.90. The molecule has 2 rings (SSSR count). The molecule has 1 saturated carbocycles. The minimum absolute atomic E-state index is 0.477. The Kier molecular flexibility index (Phi) is 6.55. The fourth-order valence-corrected chi connectivity index (χ4v) is 4.34. The summed E-state index contributed by atoms with van der Waals surface area (Å²) in [5.74, 6) is 2.71. The highest BCUT2D eigenvalue weighted by Gasteiger charge is 2.35. The number of hydrogen-bond acceptors (Lipinski definition) is 2. The Morgan fingerprint density at radius 1 is 1.05 bits per heavy atom. The van der Waals surface area contributed by atoms with Crippen molar-refractivity contribution in [3.63, 3.8) is 0 Å². The lowest BCUT2D eigenvalue weighted by atomic mass is 9.64. The van der Waals surface area contributed by atoms with E-state index in [0.29, 0.717) is 11.5 Å². The van der Waals surface area contributed by atoms with E-state index in [1.54, 1.807) is 0 Å². The zero-order valence-corrected chi connectivity index (χ0v) is 14.8. The van der Waals surface area contributed by atoms with Gasteiger partial charge in [0.25, 0.3) is 0 Å². The van der Waals surface area contributed by atoms with Crippen molar-refractivity contribution < 1.29 is 4.74 Å². The molecule has 4 unspecified atom stereocenters. The van der Waals surface area contributed by atoms with Crippen LogP contribution in [0.1, 0.15) is 72.6 Å². The average molecular weight is 296 g/mol. The first-order valence-corrected chi connectivity index (χ1v) is 9.33. The quantitative estimate of drug-likeness (QED) is 0.771. The van der Waals surface area contributed by atoms with Crippen molar-refractivity contribution in [2.24, 2.45) is 23.2 Å². The van der Waals surface area contributed by atoms with E-state index in [4.69, 9.17) is 4.74 Å². The molecule has 0 bridgehead atoms. The van der Waals surface area contributed by atoms with Crippen molar-refractivity contribution >= 4 is 0 Å². The SMILES string of the molecule is CCNCC1CCC(C(C)(C)C)CC1CCC1CCCO1. The fraction of sp³-hybridized carbons (Fsp3) is 1.00. The summed E-state index contributed by atoms with van der Waals surface area (Å²) in [6.45, 7) is 12.8. The normalized spacial score (nSPS) is 34.3. The molecule has 2 aliphatic rings. The van der Waals surface area contributed by atoms with Crippen LogP contribution in [0.15, 0.2) is 0 Å². The summed E-state index contributed by atoms with van der Waals surface area (Å²) in [4.78, 5) is 0. The molecule has 1 N–H and O–H groups in total. The van der Waals surface area contributed by atoms with Crippen molar-refractivity contribution in [3.05, 3.63) is 0 Å². The monoisotopic (exact) mass is 295 g/mol. The smallest absolute Gasteiger partial charge is 0.0576 e. The van der Waals surface area contributed by atoms with Gasteiger partial charge in [-0.2, -0.15) is 0 Å². The molecule has 2 fully saturated rings. The number of ether oxygens (including phenoxy) is 1. The van der Waals surface area contributed by atoms with Crippen LogP contribution in [0.5, 0.6) is 0 Å². The van der Waals surface area contributed by atoms with Crippen molar-refractivity contribution in [1.82, 2.24) is 5.32 Å². The van der Waals surface area contributed by atoms with Gasteiger partial charge >= 0.3 is 0 Å². The lowest BCUT2D eigenvalue weighted by Gasteiger charge is -2.42. The molecule has 1 heterocycles. The van der Waals surface area contributed by atoms with Gasteiger partial charge < -0.3 is 10.1 Å². The van der Waals surface area contributed by atoms with E-state index in [1.165, 1.54) is 51.5 Å². The predicted molar refractivity (Wildman–Crippen MR) is 90.5 cm³/mol. The molecular formula is C19H37NO. The van der Waals surface area contributed by atoms with Crippen LogP contribution in [0.4, 0.5) is 0 Å². The van der Waals surface area contributed by atoms with Crippen molar-refractivity contribution in [2.45, 2.75) is 78.7 Å². The van der Waals surface area contributed by atoms with Gasteiger partial charge in [-0.05, 0) is 81.2 Å². The molecule has 0 aromatic carbocycles. The molecule has 2 heteroatoms. The van der Waals surface area contributed by atoms with Gasteiger partial charge in [-0.1, -0.05) is 27.7 Å². The molecule has 2 nitrogen and oxygen atoms in total. The number of hydrogen-bond donors (Lipinski definition) is 1. The summed E-state index contributed by atoms with van der Waals surface area (Å²) < 4.78 is 5.84. The van der Waals surface area contributed by atoms with E-state index in [1.807, 2.05) is 0 Å². The zero-order chi connectivity index (χ0) is 15.3. The van der Waals surface area contributed by atoms with Crippen LogP contribution in [-0.4, -0.2) is 25.8 Å². The third kappa shape index (κ3) is 5.25. The lowest BCUT2D eigenvalue weighted by molar-refractivity contribution is 0.0654.